The average Bonchev–Trinajstić information content (AvgIpc) is 3.28. The molecule has 0 bridgehead atoms. The first kappa shape index (κ1) is 63.4. The summed E-state index contributed by atoms with van der Waals surface area (Å²) in [5.74, 6) is 0.851. The normalized spacial score (nSPS) is 12.0. The zero-order chi connectivity index (χ0) is 47.5. The zero-order valence-electron chi connectivity index (χ0n) is 44.6. The molecule has 0 unspecified atom stereocenters. The van der Waals surface area contributed by atoms with E-state index in [2.05, 4.69) is 34.6 Å². The van der Waals surface area contributed by atoms with Gasteiger partial charge in [-0.1, -0.05) is 291 Å². The minimum absolute atomic E-state index is 0.0624. The Bertz CT molecular complexity index is 993. The molecule has 0 fully saturated rings. The monoisotopic (exact) mass is 919 g/mol. The fourth-order valence-electron chi connectivity index (χ4n) is 9.05. The van der Waals surface area contributed by atoms with E-state index in [1.54, 1.807) is 0 Å². The molecule has 0 heterocycles. The van der Waals surface area contributed by atoms with Crippen molar-refractivity contribution in [1.82, 2.24) is 0 Å². The maximum atomic E-state index is 12.8. The van der Waals surface area contributed by atoms with Gasteiger partial charge < -0.3 is 14.2 Å². The molecule has 0 aliphatic carbocycles. The van der Waals surface area contributed by atoms with Crippen molar-refractivity contribution >= 4 is 17.9 Å². The molecule has 0 amide bonds. The molecule has 0 aromatic heterocycles. The van der Waals surface area contributed by atoms with Crippen molar-refractivity contribution in [3.8, 4) is 0 Å². The topological polar surface area (TPSA) is 78.9 Å². The van der Waals surface area contributed by atoms with E-state index >= 15 is 0 Å². The van der Waals surface area contributed by atoms with Crippen LogP contribution in [0.2, 0.25) is 0 Å². The van der Waals surface area contributed by atoms with Crippen molar-refractivity contribution in [3.05, 3.63) is 0 Å². The van der Waals surface area contributed by atoms with Crippen LogP contribution in [0.15, 0.2) is 0 Å². The molecule has 0 aliphatic heterocycles. The van der Waals surface area contributed by atoms with Crippen molar-refractivity contribution in [2.24, 2.45) is 11.8 Å². The van der Waals surface area contributed by atoms with Crippen LogP contribution in [0, 0.1) is 11.8 Å². The molecular weight excluding hydrogens is 805 g/mol. The van der Waals surface area contributed by atoms with Crippen LogP contribution in [-0.4, -0.2) is 37.2 Å². The number of esters is 3. The van der Waals surface area contributed by atoms with Gasteiger partial charge >= 0.3 is 17.9 Å². The molecule has 386 valence electrons. The third kappa shape index (κ3) is 53.2. The Balaban J connectivity index is 4.27. The van der Waals surface area contributed by atoms with E-state index in [4.69, 9.17) is 14.2 Å². The van der Waals surface area contributed by atoms with E-state index in [1.807, 2.05) is 0 Å². The van der Waals surface area contributed by atoms with Crippen LogP contribution in [0.4, 0.5) is 0 Å². The highest BCUT2D eigenvalue weighted by molar-refractivity contribution is 5.71. The summed E-state index contributed by atoms with van der Waals surface area (Å²) in [6, 6.07) is 0. The number of carbonyl (C=O) groups excluding carboxylic acids is 3. The summed E-state index contributed by atoms with van der Waals surface area (Å²) in [5, 5.41) is 0. The second-order valence-corrected chi connectivity index (χ2v) is 21.2. The Morgan fingerprint density at radius 3 is 0.754 bits per heavy atom. The van der Waals surface area contributed by atoms with Crippen molar-refractivity contribution in [2.75, 3.05) is 13.2 Å². The SMILES string of the molecule is CCCCCCCCCCCCCCCC(=O)O[C@@H](COC(=O)CCCCCCCCCCCCCCCCCC(C)C)COC(=O)CCCCCCCCCCCCCCCC(C)C. The maximum absolute atomic E-state index is 12.8. The van der Waals surface area contributed by atoms with Crippen LogP contribution in [0.25, 0.3) is 0 Å². The lowest BCUT2D eigenvalue weighted by Gasteiger charge is -2.18. The van der Waals surface area contributed by atoms with Crippen LogP contribution in [-0.2, 0) is 28.6 Å². The van der Waals surface area contributed by atoms with E-state index < -0.39 is 6.10 Å². The van der Waals surface area contributed by atoms with E-state index in [0.29, 0.717) is 19.3 Å². The third-order valence-corrected chi connectivity index (χ3v) is 13.5. The average molecular weight is 920 g/mol. The lowest BCUT2D eigenvalue weighted by atomic mass is 10.0. The van der Waals surface area contributed by atoms with Crippen molar-refractivity contribution in [2.45, 2.75) is 336 Å². The van der Waals surface area contributed by atoms with E-state index in [0.717, 1.165) is 69.6 Å². The summed E-state index contributed by atoms with van der Waals surface area (Å²) >= 11 is 0. The second-order valence-electron chi connectivity index (χ2n) is 21.2. The molecule has 0 N–H and O–H groups in total. The number of hydrogen-bond donors (Lipinski definition) is 0. The number of ether oxygens (including phenoxy) is 3. The van der Waals surface area contributed by atoms with Gasteiger partial charge in [-0.15, -0.1) is 0 Å². The molecular formula is C59H114O6. The van der Waals surface area contributed by atoms with Gasteiger partial charge in [-0.3, -0.25) is 14.4 Å². The first-order valence-corrected chi connectivity index (χ1v) is 29.2. The molecule has 0 aromatic carbocycles. The molecule has 6 heteroatoms. The standard InChI is InChI=1S/C59H114O6/c1-6-7-8-9-10-11-12-17-26-31-36-41-46-51-59(62)65-56(53-64-58(61)50-45-40-35-30-25-21-16-19-23-28-33-38-43-48-55(4)5)52-63-57(60)49-44-39-34-29-24-20-15-13-14-18-22-27-32-37-42-47-54(2)3/h54-56H,6-53H2,1-5H3/t56-/m0/s1. The molecule has 1 atom stereocenters. The first-order chi connectivity index (χ1) is 31.7. The predicted molar refractivity (Wildman–Crippen MR) is 280 cm³/mol. The molecule has 0 radical (unpaired) electrons. The number of rotatable bonds is 53. The third-order valence-electron chi connectivity index (χ3n) is 13.5. The second kappa shape index (κ2) is 51.8. The number of hydrogen-bond acceptors (Lipinski definition) is 6. The molecule has 0 aliphatic rings. The van der Waals surface area contributed by atoms with Gasteiger partial charge in [0.25, 0.3) is 0 Å². The molecule has 6 nitrogen and oxygen atoms in total. The lowest BCUT2D eigenvalue weighted by molar-refractivity contribution is -0.167. The Morgan fingerprint density at radius 1 is 0.292 bits per heavy atom. The van der Waals surface area contributed by atoms with Gasteiger partial charge in [0.15, 0.2) is 6.10 Å². The van der Waals surface area contributed by atoms with Gasteiger partial charge in [0, 0.05) is 19.3 Å². The van der Waals surface area contributed by atoms with Crippen LogP contribution < -0.4 is 0 Å². The van der Waals surface area contributed by atoms with Crippen molar-refractivity contribution in [3.63, 3.8) is 0 Å². The number of unbranched alkanes of at least 4 members (excludes halogenated alkanes) is 38. The van der Waals surface area contributed by atoms with Crippen molar-refractivity contribution < 1.29 is 28.6 Å². The summed E-state index contributed by atoms with van der Waals surface area (Å²) in [7, 11) is 0. The fraction of sp³-hybridized carbons (Fsp3) is 0.949. The molecule has 0 rings (SSSR count). The smallest absolute Gasteiger partial charge is 0.306 e. The highest BCUT2D eigenvalue weighted by atomic mass is 16.6. The van der Waals surface area contributed by atoms with Gasteiger partial charge in [-0.2, -0.15) is 0 Å². The summed E-state index contributed by atoms with van der Waals surface area (Å²) in [6.07, 6.45) is 55.2. The maximum Gasteiger partial charge on any atom is 0.306 e. The molecule has 0 spiro atoms. The molecule has 0 saturated carbocycles. The minimum atomic E-state index is -0.762. The van der Waals surface area contributed by atoms with E-state index in [1.165, 1.54) is 218 Å². The van der Waals surface area contributed by atoms with E-state index in [-0.39, 0.29) is 31.1 Å². The Kier molecular flexibility index (Phi) is 50.5. The first-order valence-electron chi connectivity index (χ1n) is 29.2. The van der Waals surface area contributed by atoms with Crippen LogP contribution in [0.1, 0.15) is 330 Å². The number of carbonyl (C=O) groups is 3. The predicted octanol–water partition coefficient (Wildman–Crippen LogP) is 19.3. The quantitative estimate of drug-likeness (QED) is 0.0344. The van der Waals surface area contributed by atoms with Crippen LogP contribution in [0.5, 0.6) is 0 Å². The summed E-state index contributed by atoms with van der Waals surface area (Å²) in [4.78, 5) is 38.1. The Labute approximate surface area is 406 Å². The van der Waals surface area contributed by atoms with Gasteiger partial charge in [-0.05, 0) is 31.1 Å². The lowest BCUT2D eigenvalue weighted by Crippen LogP contribution is -2.30. The van der Waals surface area contributed by atoms with Gasteiger partial charge in [-0.25, -0.2) is 0 Å². The summed E-state index contributed by atoms with van der Waals surface area (Å²) < 4.78 is 16.9. The van der Waals surface area contributed by atoms with Crippen LogP contribution in [0.3, 0.4) is 0 Å². The van der Waals surface area contributed by atoms with Gasteiger partial charge in [0.2, 0.25) is 0 Å². The highest BCUT2D eigenvalue weighted by Crippen LogP contribution is 2.18. The summed E-state index contributed by atoms with van der Waals surface area (Å²) in [6.45, 7) is 11.4. The zero-order valence-corrected chi connectivity index (χ0v) is 44.6. The minimum Gasteiger partial charge on any atom is -0.462 e. The van der Waals surface area contributed by atoms with E-state index in [9.17, 15) is 14.4 Å². The molecule has 0 saturated heterocycles. The van der Waals surface area contributed by atoms with Gasteiger partial charge in [0.05, 0.1) is 0 Å². The van der Waals surface area contributed by atoms with Gasteiger partial charge in [0.1, 0.15) is 13.2 Å². The fourth-order valence-corrected chi connectivity index (χ4v) is 9.05. The Morgan fingerprint density at radius 2 is 0.508 bits per heavy atom. The Hall–Kier alpha value is -1.59. The molecule has 65 heavy (non-hydrogen) atoms. The van der Waals surface area contributed by atoms with Crippen molar-refractivity contribution in [1.29, 1.82) is 0 Å². The van der Waals surface area contributed by atoms with Crippen LogP contribution >= 0.6 is 0 Å². The molecule has 0 aromatic rings. The summed E-state index contributed by atoms with van der Waals surface area (Å²) in [5.41, 5.74) is 0. The largest absolute Gasteiger partial charge is 0.462 e. The highest BCUT2D eigenvalue weighted by Gasteiger charge is 2.19.